The highest BCUT2D eigenvalue weighted by atomic mass is 19.1. The third-order valence-corrected chi connectivity index (χ3v) is 6.99. The molecule has 9 nitrogen and oxygen atoms in total. The molecule has 0 unspecified atom stereocenters. The first kappa shape index (κ1) is 29.7. The van der Waals surface area contributed by atoms with Crippen LogP contribution in [0.1, 0.15) is 31.2 Å². The van der Waals surface area contributed by atoms with Crippen molar-refractivity contribution >= 4 is 28.8 Å². The summed E-state index contributed by atoms with van der Waals surface area (Å²) in [6.45, 7) is 3.86. The average molecular weight is 590 g/mol. The van der Waals surface area contributed by atoms with E-state index in [1.54, 1.807) is 43.6 Å². The number of amides is 2. The normalized spacial score (nSPS) is 13.7. The van der Waals surface area contributed by atoms with Gasteiger partial charge in [-0.2, -0.15) is 5.10 Å². The van der Waals surface area contributed by atoms with E-state index in [4.69, 9.17) is 14.2 Å². The lowest BCUT2D eigenvalue weighted by Crippen LogP contribution is -2.31. The zero-order valence-electron chi connectivity index (χ0n) is 23.8. The summed E-state index contributed by atoms with van der Waals surface area (Å²) in [5.74, 6) is 0.294. The van der Waals surface area contributed by atoms with Crippen LogP contribution in [0.25, 0.3) is 10.9 Å². The number of anilines is 1. The fraction of sp³-hybridized carbons (Fsp3) is 0.281. The molecule has 0 bridgehead atoms. The molecule has 0 atom stereocenters. The Bertz CT molecular complexity index is 1590. The zero-order valence-corrected chi connectivity index (χ0v) is 23.8. The third kappa shape index (κ3) is 7.95. The molecule has 2 heterocycles. The van der Waals surface area contributed by atoms with E-state index in [0.717, 1.165) is 26.1 Å². The van der Waals surface area contributed by atoms with E-state index in [1.165, 1.54) is 55.8 Å². The maximum Gasteiger partial charge on any atom is 0.339 e. The lowest BCUT2D eigenvalue weighted by molar-refractivity contribution is 0.203. The highest BCUT2D eigenvalue weighted by Crippen LogP contribution is 2.37. The molecule has 1 aliphatic rings. The number of nitrogens with zero attached hydrogens (tertiary/aromatic N) is 3. The van der Waals surface area contributed by atoms with Crippen molar-refractivity contribution in [3.8, 4) is 23.0 Å². The van der Waals surface area contributed by atoms with Crippen LogP contribution in [0.4, 0.5) is 19.3 Å². The second kappa shape index (κ2) is 14.4. The molecule has 1 aliphatic heterocycles. The van der Waals surface area contributed by atoms with Gasteiger partial charge in [-0.3, -0.25) is 4.98 Å². The van der Waals surface area contributed by atoms with Crippen LogP contribution in [0.5, 0.6) is 23.0 Å². The average Bonchev–Trinajstić information content (AvgIpc) is 3.02. The number of pyridine rings is 1. The predicted molar refractivity (Wildman–Crippen MR) is 161 cm³/mol. The number of aromatic nitrogens is 1. The lowest BCUT2D eigenvalue weighted by atomic mass is 10.1. The Morgan fingerprint density at radius 2 is 1.81 bits per heavy atom. The molecule has 0 saturated carbocycles. The van der Waals surface area contributed by atoms with Gasteiger partial charge in [-0.05, 0) is 80.4 Å². The summed E-state index contributed by atoms with van der Waals surface area (Å²) in [6, 6.07) is 14.5. The number of carbonyl (C=O) groups excluding carboxylic acids is 1. The molecule has 43 heavy (non-hydrogen) atoms. The molecule has 11 heteroatoms. The van der Waals surface area contributed by atoms with Crippen molar-refractivity contribution in [3.05, 3.63) is 84.1 Å². The largest absolute Gasteiger partial charge is 0.493 e. The Hall–Kier alpha value is -4.77. The Balaban J connectivity index is 1.21. The molecule has 2 N–H and O–H groups in total. The zero-order chi connectivity index (χ0) is 30.0. The van der Waals surface area contributed by atoms with E-state index in [9.17, 15) is 13.6 Å². The van der Waals surface area contributed by atoms with Crippen LogP contribution < -0.4 is 25.0 Å². The fourth-order valence-corrected chi connectivity index (χ4v) is 4.82. The minimum absolute atomic E-state index is 0.00749. The van der Waals surface area contributed by atoms with Crippen LogP contribution in [-0.2, 0) is 0 Å². The number of benzene rings is 3. The van der Waals surface area contributed by atoms with Crippen molar-refractivity contribution in [3.63, 3.8) is 0 Å². The van der Waals surface area contributed by atoms with E-state index in [0.29, 0.717) is 40.3 Å². The van der Waals surface area contributed by atoms with Gasteiger partial charge in [-0.15, -0.1) is 0 Å². The number of para-hydroxylation sites is 1. The highest BCUT2D eigenvalue weighted by Gasteiger charge is 2.15. The van der Waals surface area contributed by atoms with Gasteiger partial charge in [0, 0.05) is 24.2 Å². The second-order valence-electron chi connectivity index (χ2n) is 10.0. The lowest BCUT2D eigenvalue weighted by Gasteiger charge is -2.26. The third-order valence-electron chi connectivity index (χ3n) is 6.99. The molecule has 0 spiro atoms. The summed E-state index contributed by atoms with van der Waals surface area (Å²) < 4.78 is 46.2. The van der Waals surface area contributed by atoms with Crippen LogP contribution >= 0.6 is 0 Å². The standard InChI is InChI=1S/C32H33F2N5O4/c1-41-30-19-23-27(20-31(30)42-17-7-16-39-14-5-2-6-15-39)35-13-12-28(23)43-29-11-10-22(18-25(29)34)21-36-38-32(40)37-26-9-4-3-8-24(26)33/h3-4,8-13,18-21H,2,5-7,14-17H2,1H3,(H2,37,38,40)/b36-21+. The summed E-state index contributed by atoms with van der Waals surface area (Å²) >= 11 is 0. The number of halogens is 2. The van der Waals surface area contributed by atoms with E-state index < -0.39 is 17.7 Å². The van der Waals surface area contributed by atoms with Gasteiger partial charge in [0.05, 0.1) is 31.1 Å². The van der Waals surface area contributed by atoms with Crippen LogP contribution in [0.2, 0.25) is 0 Å². The topological polar surface area (TPSA) is 97.3 Å². The molecule has 1 aromatic heterocycles. The number of nitrogens with one attached hydrogen (secondary N) is 2. The molecule has 224 valence electrons. The van der Waals surface area contributed by atoms with Crippen molar-refractivity contribution < 1.29 is 27.8 Å². The Labute approximate surface area is 248 Å². The van der Waals surface area contributed by atoms with Crippen molar-refractivity contribution in [2.45, 2.75) is 25.7 Å². The van der Waals surface area contributed by atoms with E-state index in [2.05, 4.69) is 25.7 Å². The number of hydrazone groups is 1. The SMILES string of the molecule is COc1cc2c(Oc3ccc(/C=N/NC(=O)Nc4ccccc4F)cc3F)ccnc2cc1OCCCN1CCCCC1. The molecule has 1 fully saturated rings. The molecular weight excluding hydrogens is 556 g/mol. The summed E-state index contributed by atoms with van der Waals surface area (Å²) in [4.78, 5) is 18.9. The fourth-order valence-electron chi connectivity index (χ4n) is 4.82. The first-order valence-corrected chi connectivity index (χ1v) is 14.1. The van der Waals surface area contributed by atoms with Gasteiger partial charge in [0.25, 0.3) is 0 Å². The maximum absolute atomic E-state index is 15.0. The molecular formula is C32H33F2N5O4. The van der Waals surface area contributed by atoms with E-state index in [-0.39, 0.29) is 11.4 Å². The van der Waals surface area contributed by atoms with Gasteiger partial charge in [0.15, 0.2) is 23.1 Å². The summed E-state index contributed by atoms with van der Waals surface area (Å²) in [7, 11) is 1.57. The molecule has 3 aromatic carbocycles. The number of likely N-dealkylation sites (tertiary alicyclic amines) is 1. The number of ether oxygens (including phenoxy) is 3. The van der Waals surface area contributed by atoms with E-state index >= 15 is 0 Å². The van der Waals surface area contributed by atoms with Gasteiger partial charge < -0.3 is 24.4 Å². The minimum atomic E-state index is -0.743. The van der Waals surface area contributed by atoms with Gasteiger partial charge in [-0.25, -0.2) is 19.0 Å². The number of rotatable bonds is 11. The van der Waals surface area contributed by atoms with E-state index in [1.807, 2.05) is 0 Å². The summed E-state index contributed by atoms with van der Waals surface area (Å²) in [6.07, 6.45) is 7.58. The number of urea groups is 1. The first-order chi connectivity index (χ1) is 21.0. The van der Waals surface area contributed by atoms with Gasteiger partial charge in [0.2, 0.25) is 0 Å². The number of piperidine rings is 1. The van der Waals surface area contributed by atoms with Crippen LogP contribution in [-0.4, -0.2) is 55.5 Å². The Morgan fingerprint density at radius 3 is 2.60 bits per heavy atom. The molecule has 0 radical (unpaired) electrons. The molecule has 5 rings (SSSR count). The molecule has 2 amide bonds. The smallest absolute Gasteiger partial charge is 0.339 e. The quantitative estimate of drug-likeness (QED) is 0.115. The van der Waals surface area contributed by atoms with Crippen molar-refractivity contribution in [1.82, 2.24) is 15.3 Å². The first-order valence-electron chi connectivity index (χ1n) is 14.1. The van der Waals surface area contributed by atoms with Crippen LogP contribution in [0.3, 0.4) is 0 Å². The number of fused-ring (bicyclic) bond motifs is 1. The molecule has 0 aliphatic carbocycles. The van der Waals surface area contributed by atoms with Gasteiger partial charge >= 0.3 is 6.03 Å². The van der Waals surface area contributed by atoms with Crippen molar-refractivity contribution in [2.24, 2.45) is 5.10 Å². The Morgan fingerprint density at radius 1 is 0.977 bits per heavy atom. The monoisotopic (exact) mass is 589 g/mol. The van der Waals surface area contributed by atoms with Gasteiger partial charge in [-0.1, -0.05) is 18.6 Å². The predicted octanol–water partition coefficient (Wildman–Crippen LogP) is 6.72. The summed E-state index contributed by atoms with van der Waals surface area (Å²) in [5, 5.41) is 6.76. The maximum atomic E-state index is 15.0. The van der Waals surface area contributed by atoms with Crippen molar-refractivity contribution in [2.75, 3.05) is 38.7 Å². The highest BCUT2D eigenvalue weighted by molar-refractivity contribution is 5.90. The summed E-state index contributed by atoms with van der Waals surface area (Å²) in [5.41, 5.74) is 3.22. The minimum Gasteiger partial charge on any atom is -0.493 e. The number of carbonyl (C=O) groups is 1. The number of hydrogen-bond acceptors (Lipinski definition) is 7. The van der Waals surface area contributed by atoms with Crippen LogP contribution in [0, 0.1) is 11.6 Å². The van der Waals surface area contributed by atoms with Crippen LogP contribution in [0.15, 0.2) is 72.0 Å². The number of methoxy groups -OCH3 is 1. The van der Waals surface area contributed by atoms with Gasteiger partial charge in [0.1, 0.15) is 11.6 Å². The number of hydrogen-bond donors (Lipinski definition) is 2. The Kier molecular flexibility index (Phi) is 9.96. The van der Waals surface area contributed by atoms with Crippen molar-refractivity contribution in [1.29, 1.82) is 0 Å². The molecule has 4 aromatic rings. The molecule has 1 saturated heterocycles. The second-order valence-corrected chi connectivity index (χ2v) is 10.0.